The molecule has 1 aliphatic heterocycles. The highest BCUT2D eigenvalue weighted by molar-refractivity contribution is 5.87. The van der Waals surface area contributed by atoms with Crippen LogP contribution in [0, 0.1) is 0 Å². The average molecular weight is 213 g/mol. The summed E-state index contributed by atoms with van der Waals surface area (Å²) < 4.78 is 5.45. The monoisotopic (exact) mass is 213 g/mol. The minimum atomic E-state index is -0.168. The summed E-state index contributed by atoms with van der Waals surface area (Å²) in [7, 11) is 0. The molecule has 3 rings (SSSR count). The molecule has 1 fully saturated rings. The number of carbonyl (C=O) groups excluding carboxylic acids is 1. The minimum Gasteiger partial charge on any atom is -0.364 e. The molecule has 80 valence electrons. The van der Waals surface area contributed by atoms with Crippen LogP contribution in [0.2, 0.25) is 0 Å². The van der Waals surface area contributed by atoms with Crippen molar-refractivity contribution < 1.29 is 9.53 Å². The van der Waals surface area contributed by atoms with Gasteiger partial charge in [0.05, 0.1) is 5.69 Å². The number of hydrogen-bond acceptors (Lipinski definition) is 3. The van der Waals surface area contributed by atoms with Crippen molar-refractivity contribution >= 4 is 16.6 Å². The van der Waals surface area contributed by atoms with E-state index in [9.17, 15) is 4.79 Å². The lowest BCUT2D eigenvalue weighted by atomic mass is 10.0. The topological polar surface area (TPSA) is 39.2 Å². The highest BCUT2D eigenvalue weighted by Crippen LogP contribution is 2.30. The maximum absolute atomic E-state index is 11.2. The molecule has 16 heavy (non-hydrogen) atoms. The number of ether oxygens (including phenoxy) is 1. The van der Waals surface area contributed by atoms with Gasteiger partial charge in [0.15, 0.2) is 5.78 Å². The van der Waals surface area contributed by atoms with Crippen molar-refractivity contribution in [3.63, 3.8) is 0 Å². The number of Topliss-reactive ketones (excluding diaryl/α,β-unsaturated/α-hetero) is 1. The molecule has 0 N–H and O–H groups in total. The number of benzene rings is 1. The normalized spacial score (nSPS) is 20.5. The van der Waals surface area contributed by atoms with Gasteiger partial charge in [0.1, 0.15) is 12.7 Å². The highest BCUT2D eigenvalue weighted by Gasteiger charge is 2.26. The third kappa shape index (κ3) is 1.49. The molecule has 1 aromatic carbocycles. The summed E-state index contributed by atoms with van der Waals surface area (Å²) in [6, 6.07) is 9.99. The fourth-order valence-electron chi connectivity index (χ4n) is 2.09. The zero-order valence-electron chi connectivity index (χ0n) is 8.72. The van der Waals surface area contributed by atoms with Crippen molar-refractivity contribution in [2.24, 2.45) is 0 Å². The van der Waals surface area contributed by atoms with Crippen LogP contribution in [0.5, 0.6) is 0 Å². The quantitative estimate of drug-likeness (QED) is 0.729. The summed E-state index contributed by atoms with van der Waals surface area (Å²) in [6.07, 6.45) is 2.05. The van der Waals surface area contributed by atoms with E-state index in [1.165, 1.54) is 0 Å². The number of aromatic nitrogens is 1. The van der Waals surface area contributed by atoms with Gasteiger partial charge in [0, 0.05) is 18.0 Å². The van der Waals surface area contributed by atoms with E-state index < -0.39 is 0 Å². The Labute approximate surface area is 93.1 Å². The van der Waals surface area contributed by atoms with Gasteiger partial charge in [-0.3, -0.25) is 9.78 Å². The van der Waals surface area contributed by atoms with Gasteiger partial charge in [-0.25, -0.2) is 0 Å². The summed E-state index contributed by atoms with van der Waals surface area (Å²) in [4.78, 5) is 15.6. The summed E-state index contributed by atoms with van der Waals surface area (Å²) in [5.74, 6) is 0.153. The Balaban J connectivity index is 2.13. The van der Waals surface area contributed by atoms with Crippen molar-refractivity contribution in [2.75, 3.05) is 6.61 Å². The maximum Gasteiger partial charge on any atom is 0.161 e. The van der Waals surface area contributed by atoms with Crippen LogP contribution < -0.4 is 0 Å². The van der Waals surface area contributed by atoms with Crippen LogP contribution in [0.1, 0.15) is 18.2 Å². The van der Waals surface area contributed by atoms with Gasteiger partial charge < -0.3 is 4.74 Å². The van der Waals surface area contributed by atoms with Crippen LogP contribution in [0.25, 0.3) is 10.8 Å². The lowest BCUT2D eigenvalue weighted by Crippen LogP contribution is -2.00. The fourth-order valence-corrected chi connectivity index (χ4v) is 2.09. The van der Waals surface area contributed by atoms with Gasteiger partial charge >= 0.3 is 0 Å². The molecule has 0 radical (unpaired) electrons. The first-order valence-corrected chi connectivity index (χ1v) is 5.31. The Morgan fingerprint density at radius 2 is 2.12 bits per heavy atom. The molecule has 3 nitrogen and oxygen atoms in total. The van der Waals surface area contributed by atoms with Gasteiger partial charge in [-0.2, -0.15) is 0 Å². The van der Waals surface area contributed by atoms with Gasteiger partial charge in [0.25, 0.3) is 0 Å². The lowest BCUT2D eigenvalue weighted by Gasteiger charge is -2.10. The summed E-state index contributed by atoms with van der Waals surface area (Å²) in [5.41, 5.74) is 0.879. The van der Waals surface area contributed by atoms with E-state index in [-0.39, 0.29) is 18.5 Å². The molecular formula is C13H11NO2. The number of hydrogen-bond donors (Lipinski definition) is 0. The third-order valence-electron chi connectivity index (χ3n) is 2.87. The second kappa shape index (κ2) is 3.68. The minimum absolute atomic E-state index is 0.153. The van der Waals surface area contributed by atoms with Crippen LogP contribution >= 0.6 is 0 Å². The third-order valence-corrected chi connectivity index (χ3v) is 2.87. The number of rotatable bonds is 1. The molecule has 1 aromatic heterocycles. The van der Waals surface area contributed by atoms with Gasteiger partial charge in [-0.1, -0.05) is 24.3 Å². The number of fused-ring (bicyclic) bond motifs is 1. The van der Waals surface area contributed by atoms with Crippen molar-refractivity contribution in [3.8, 4) is 0 Å². The number of carbonyl (C=O) groups is 1. The SMILES string of the molecule is O=C1CO[C@@H](c2nccc3ccccc23)C1. The molecule has 2 aromatic rings. The largest absolute Gasteiger partial charge is 0.364 e. The number of pyridine rings is 1. The van der Waals surface area contributed by atoms with E-state index in [2.05, 4.69) is 4.98 Å². The average Bonchev–Trinajstić information content (AvgIpc) is 2.75. The van der Waals surface area contributed by atoms with Crippen LogP contribution in [0.4, 0.5) is 0 Å². The zero-order chi connectivity index (χ0) is 11.0. The smallest absolute Gasteiger partial charge is 0.161 e. The molecule has 0 spiro atoms. The van der Waals surface area contributed by atoms with Crippen LogP contribution in [-0.2, 0) is 9.53 Å². The molecule has 0 aliphatic carbocycles. The van der Waals surface area contributed by atoms with E-state index in [4.69, 9.17) is 4.74 Å². The molecule has 2 heterocycles. The fraction of sp³-hybridized carbons (Fsp3) is 0.231. The van der Waals surface area contributed by atoms with E-state index in [1.807, 2.05) is 30.3 Å². The highest BCUT2D eigenvalue weighted by atomic mass is 16.5. The standard InChI is InChI=1S/C13H11NO2/c15-10-7-12(16-8-10)13-11-4-2-1-3-9(11)5-6-14-13/h1-6,12H,7-8H2/t12-/m1/s1. The predicted molar refractivity (Wildman–Crippen MR) is 60.1 cm³/mol. The van der Waals surface area contributed by atoms with Crippen LogP contribution in [-0.4, -0.2) is 17.4 Å². The summed E-state index contributed by atoms with van der Waals surface area (Å²) in [6.45, 7) is 0.218. The van der Waals surface area contributed by atoms with Gasteiger partial charge in [-0.05, 0) is 11.5 Å². The maximum atomic E-state index is 11.2. The Morgan fingerprint density at radius 1 is 1.25 bits per heavy atom. The van der Waals surface area contributed by atoms with Crippen molar-refractivity contribution in [3.05, 3.63) is 42.2 Å². The Bertz CT molecular complexity index is 545. The van der Waals surface area contributed by atoms with E-state index in [0.29, 0.717) is 6.42 Å². The molecule has 0 amide bonds. The van der Waals surface area contributed by atoms with Crippen LogP contribution in [0.15, 0.2) is 36.5 Å². The second-order valence-corrected chi connectivity index (χ2v) is 3.96. The van der Waals surface area contributed by atoms with E-state index >= 15 is 0 Å². The van der Waals surface area contributed by atoms with Gasteiger partial charge in [0.2, 0.25) is 0 Å². The molecular weight excluding hydrogens is 202 g/mol. The second-order valence-electron chi connectivity index (χ2n) is 3.96. The van der Waals surface area contributed by atoms with E-state index in [1.54, 1.807) is 6.20 Å². The first kappa shape index (κ1) is 9.48. The first-order chi connectivity index (χ1) is 7.84. The van der Waals surface area contributed by atoms with Gasteiger partial charge in [-0.15, -0.1) is 0 Å². The Hall–Kier alpha value is -1.74. The molecule has 0 bridgehead atoms. The van der Waals surface area contributed by atoms with E-state index in [0.717, 1.165) is 16.5 Å². The predicted octanol–water partition coefficient (Wildman–Crippen LogP) is 2.27. The summed E-state index contributed by atoms with van der Waals surface area (Å²) in [5, 5.41) is 2.21. The Morgan fingerprint density at radius 3 is 2.94 bits per heavy atom. The molecule has 0 saturated carbocycles. The zero-order valence-corrected chi connectivity index (χ0v) is 8.72. The van der Waals surface area contributed by atoms with Crippen molar-refractivity contribution in [2.45, 2.75) is 12.5 Å². The molecule has 0 unspecified atom stereocenters. The van der Waals surface area contributed by atoms with Crippen molar-refractivity contribution in [1.29, 1.82) is 0 Å². The molecule has 1 atom stereocenters. The lowest BCUT2D eigenvalue weighted by molar-refractivity contribution is -0.117. The Kier molecular flexibility index (Phi) is 2.18. The molecule has 1 aliphatic rings. The summed E-state index contributed by atoms with van der Waals surface area (Å²) >= 11 is 0. The molecule has 3 heteroatoms. The van der Waals surface area contributed by atoms with Crippen LogP contribution in [0.3, 0.4) is 0 Å². The molecule has 1 saturated heterocycles. The first-order valence-electron chi connectivity index (χ1n) is 5.31. The number of nitrogens with zero attached hydrogens (tertiary/aromatic N) is 1. The number of ketones is 1. The van der Waals surface area contributed by atoms with Crippen molar-refractivity contribution in [1.82, 2.24) is 4.98 Å².